The maximum atomic E-state index is 12.8. The minimum absolute atomic E-state index is 0.329. The minimum Gasteiger partial charge on any atom is -0.267 e. The fourth-order valence-corrected chi connectivity index (χ4v) is 3.32. The highest BCUT2D eigenvalue weighted by molar-refractivity contribution is 7.07. The molecule has 2 aromatic carbocycles. The topological polar surface area (TPSA) is 53.5 Å². The number of nitrogens with zero attached hydrogens (tertiary/aromatic N) is 3. The lowest BCUT2D eigenvalue weighted by atomic mass is 9.95. The van der Waals surface area contributed by atoms with Gasteiger partial charge >= 0.3 is 0 Å². The first-order valence-corrected chi connectivity index (χ1v) is 7.65. The summed E-state index contributed by atoms with van der Waals surface area (Å²) in [5, 5.41) is 6.06. The summed E-state index contributed by atoms with van der Waals surface area (Å²) >= 11 is 1.41. The molecule has 0 fully saturated rings. The third kappa shape index (κ3) is 1.67. The lowest BCUT2D eigenvalue weighted by Crippen LogP contribution is -2.50. The smallest absolute Gasteiger partial charge is 0.267 e. The van der Waals surface area contributed by atoms with Crippen LogP contribution in [0.15, 0.2) is 47.3 Å². The molecule has 3 aromatic rings. The number of amides is 2. The second kappa shape index (κ2) is 4.64. The van der Waals surface area contributed by atoms with E-state index in [2.05, 4.69) is 4.98 Å². The second-order valence-corrected chi connectivity index (χ2v) is 5.72. The van der Waals surface area contributed by atoms with Crippen LogP contribution in [-0.4, -0.2) is 28.9 Å². The summed E-state index contributed by atoms with van der Waals surface area (Å²) in [5.74, 6) is -0.0899. The summed E-state index contributed by atoms with van der Waals surface area (Å²) < 4.78 is 0. The highest BCUT2D eigenvalue weighted by Gasteiger charge is 2.36. The van der Waals surface area contributed by atoms with Gasteiger partial charge in [0.1, 0.15) is 0 Å². The molecule has 0 spiro atoms. The molecule has 5 nitrogen and oxygen atoms in total. The number of hydrogen-bond acceptors (Lipinski definition) is 5. The van der Waals surface area contributed by atoms with Crippen LogP contribution in [0.1, 0.15) is 20.7 Å². The number of thiazole rings is 1. The molecule has 0 saturated carbocycles. The molecule has 0 saturated heterocycles. The third-order valence-electron chi connectivity index (χ3n) is 3.80. The third-order valence-corrected chi connectivity index (χ3v) is 4.38. The zero-order valence-corrected chi connectivity index (χ0v) is 12.5. The van der Waals surface area contributed by atoms with Crippen LogP contribution in [0.5, 0.6) is 0 Å². The summed E-state index contributed by atoms with van der Waals surface area (Å²) in [6.07, 6.45) is 0. The highest BCUT2D eigenvalue weighted by Crippen LogP contribution is 2.31. The molecule has 2 heterocycles. The number of rotatable bonds is 2. The van der Waals surface area contributed by atoms with E-state index in [0.29, 0.717) is 16.9 Å². The molecular weight excluding hydrogens is 298 g/mol. The molecule has 22 heavy (non-hydrogen) atoms. The Morgan fingerprint density at radius 1 is 1.05 bits per heavy atom. The average Bonchev–Trinajstić information content (AvgIpc) is 3.07. The molecule has 0 atom stereocenters. The number of aromatic nitrogens is 1. The van der Waals surface area contributed by atoms with Gasteiger partial charge < -0.3 is 0 Å². The number of hydrogen-bond donors (Lipinski definition) is 0. The van der Waals surface area contributed by atoms with E-state index >= 15 is 0 Å². The maximum Gasteiger partial charge on any atom is 0.280 e. The fraction of sp³-hybridized carbons (Fsp3) is 0.0625. The summed E-state index contributed by atoms with van der Waals surface area (Å²) in [4.78, 5) is 29.7. The number of carbonyl (C=O) groups excluding carboxylic acids is 2. The van der Waals surface area contributed by atoms with Crippen LogP contribution in [0, 0.1) is 0 Å². The van der Waals surface area contributed by atoms with E-state index in [1.54, 1.807) is 30.1 Å². The molecule has 0 bridgehead atoms. The molecule has 2 amide bonds. The number of benzene rings is 2. The lowest BCUT2D eigenvalue weighted by molar-refractivity contribution is 0.0599. The second-order valence-electron chi connectivity index (χ2n) is 5.00. The highest BCUT2D eigenvalue weighted by atomic mass is 32.1. The van der Waals surface area contributed by atoms with Gasteiger partial charge in [-0.2, -0.15) is 5.01 Å². The zero-order valence-electron chi connectivity index (χ0n) is 11.7. The zero-order chi connectivity index (χ0) is 15.3. The normalized spacial score (nSPS) is 13.8. The van der Waals surface area contributed by atoms with E-state index in [1.807, 2.05) is 24.3 Å². The van der Waals surface area contributed by atoms with Gasteiger partial charge in [-0.05, 0) is 17.5 Å². The Balaban J connectivity index is 1.92. The van der Waals surface area contributed by atoms with Gasteiger partial charge in [-0.15, -0.1) is 11.3 Å². The van der Waals surface area contributed by atoms with E-state index in [-0.39, 0.29) is 11.8 Å². The van der Waals surface area contributed by atoms with E-state index < -0.39 is 0 Å². The quantitative estimate of drug-likeness (QED) is 0.683. The van der Waals surface area contributed by atoms with Crippen LogP contribution in [-0.2, 0) is 0 Å². The van der Waals surface area contributed by atoms with Crippen molar-refractivity contribution in [3.05, 3.63) is 58.4 Å². The van der Waals surface area contributed by atoms with E-state index in [4.69, 9.17) is 0 Å². The Hall–Kier alpha value is -2.73. The van der Waals surface area contributed by atoms with Crippen LogP contribution in [0.25, 0.3) is 10.8 Å². The van der Waals surface area contributed by atoms with Crippen LogP contribution < -0.4 is 5.01 Å². The summed E-state index contributed by atoms with van der Waals surface area (Å²) in [6, 6.07) is 11.0. The van der Waals surface area contributed by atoms with E-state index in [0.717, 1.165) is 15.8 Å². The van der Waals surface area contributed by atoms with Gasteiger partial charge in [-0.1, -0.05) is 24.3 Å². The first-order valence-electron chi connectivity index (χ1n) is 6.71. The monoisotopic (exact) mass is 309 g/mol. The maximum absolute atomic E-state index is 12.8. The number of imide groups is 1. The number of anilines is 1. The molecular formula is C16H11N3O2S. The van der Waals surface area contributed by atoms with Crippen LogP contribution in [0.2, 0.25) is 0 Å². The fourth-order valence-electron chi connectivity index (χ4n) is 2.76. The van der Waals surface area contributed by atoms with Crippen molar-refractivity contribution in [2.75, 3.05) is 12.1 Å². The SMILES string of the molecule is CN(c1cscn1)N1C(=O)c2cccc3cccc(c23)C1=O. The van der Waals surface area contributed by atoms with Crippen molar-refractivity contribution in [2.45, 2.75) is 0 Å². The van der Waals surface area contributed by atoms with Crippen molar-refractivity contribution in [1.29, 1.82) is 0 Å². The van der Waals surface area contributed by atoms with Crippen LogP contribution >= 0.6 is 11.3 Å². The van der Waals surface area contributed by atoms with E-state index in [9.17, 15) is 9.59 Å². The Bertz CT molecular complexity index is 854. The lowest BCUT2D eigenvalue weighted by Gasteiger charge is -2.33. The Kier molecular flexibility index (Phi) is 2.74. The number of hydrazine groups is 1. The molecule has 0 unspecified atom stereocenters. The van der Waals surface area contributed by atoms with Gasteiger partial charge in [0.15, 0.2) is 5.82 Å². The van der Waals surface area contributed by atoms with Crippen molar-refractivity contribution in [3.8, 4) is 0 Å². The Morgan fingerprint density at radius 3 is 2.23 bits per heavy atom. The molecule has 0 radical (unpaired) electrons. The molecule has 6 heteroatoms. The number of carbonyl (C=O) groups is 2. The first kappa shape index (κ1) is 13.0. The Labute approximate surface area is 130 Å². The predicted octanol–water partition coefficient (Wildman–Crippen LogP) is 2.94. The van der Waals surface area contributed by atoms with Gasteiger partial charge in [0.2, 0.25) is 0 Å². The van der Waals surface area contributed by atoms with Crippen molar-refractivity contribution in [2.24, 2.45) is 0 Å². The van der Waals surface area contributed by atoms with Gasteiger partial charge in [-0.3, -0.25) is 14.6 Å². The molecule has 1 aliphatic heterocycles. The van der Waals surface area contributed by atoms with Crippen molar-refractivity contribution in [1.82, 2.24) is 9.99 Å². The van der Waals surface area contributed by atoms with Crippen LogP contribution in [0.4, 0.5) is 5.82 Å². The van der Waals surface area contributed by atoms with Gasteiger partial charge in [0.25, 0.3) is 11.8 Å². The summed E-state index contributed by atoms with van der Waals surface area (Å²) in [5.41, 5.74) is 2.74. The summed E-state index contributed by atoms with van der Waals surface area (Å²) in [6.45, 7) is 0. The predicted molar refractivity (Wildman–Crippen MR) is 85.0 cm³/mol. The van der Waals surface area contributed by atoms with Crippen molar-refractivity contribution >= 4 is 39.7 Å². The molecule has 0 N–H and O–H groups in total. The largest absolute Gasteiger partial charge is 0.280 e. The molecule has 4 rings (SSSR count). The summed E-state index contributed by atoms with van der Waals surface area (Å²) in [7, 11) is 1.67. The molecule has 0 aliphatic carbocycles. The minimum atomic E-state index is -0.329. The van der Waals surface area contributed by atoms with Gasteiger partial charge in [0.05, 0.1) is 16.6 Å². The Morgan fingerprint density at radius 2 is 1.68 bits per heavy atom. The first-order chi connectivity index (χ1) is 10.7. The van der Waals surface area contributed by atoms with E-state index in [1.165, 1.54) is 16.3 Å². The average molecular weight is 309 g/mol. The van der Waals surface area contributed by atoms with Crippen molar-refractivity contribution < 1.29 is 9.59 Å². The molecule has 1 aromatic heterocycles. The van der Waals surface area contributed by atoms with Gasteiger partial charge in [-0.25, -0.2) is 4.98 Å². The van der Waals surface area contributed by atoms with Gasteiger partial charge in [0, 0.05) is 17.8 Å². The standard InChI is InChI=1S/C16H11N3O2S/c1-18(13-8-22-9-17-13)19-15(20)11-6-2-4-10-5-3-7-12(14(10)11)16(19)21/h2-9H,1H3. The molecule has 1 aliphatic rings. The molecule has 108 valence electrons. The van der Waals surface area contributed by atoms with Crippen molar-refractivity contribution in [3.63, 3.8) is 0 Å². The van der Waals surface area contributed by atoms with Crippen LogP contribution in [0.3, 0.4) is 0 Å².